The molecule has 3 rings (SSSR count). The number of amides is 3. The molecule has 35 heavy (non-hydrogen) atoms. The van der Waals surface area contributed by atoms with Crippen molar-refractivity contribution in [3.63, 3.8) is 0 Å². The van der Waals surface area contributed by atoms with E-state index in [1.807, 2.05) is 30.3 Å². The van der Waals surface area contributed by atoms with Crippen LogP contribution in [0.25, 0.3) is 0 Å². The summed E-state index contributed by atoms with van der Waals surface area (Å²) in [6.07, 6.45) is 6.01. The molecule has 194 valence electrons. The van der Waals surface area contributed by atoms with E-state index in [0.717, 1.165) is 31.2 Å². The quantitative estimate of drug-likeness (QED) is 0.491. The van der Waals surface area contributed by atoms with Crippen LogP contribution in [0, 0.1) is 0 Å². The summed E-state index contributed by atoms with van der Waals surface area (Å²) in [7, 11) is 0. The number of alkyl carbamates (subject to hydrolysis) is 1. The van der Waals surface area contributed by atoms with Gasteiger partial charge < -0.3 is 30.7 Å². The van der Waals surface area contributed by atoms with E-state index in [-0.39, 0.29) is 30.8 Å². The van der Waals surface area contributed by atoms with Gasteiger partial charge >= 0.3 is 6.09 Å². The van der Waals surface area contributed by atoms with Crippen molar-refractivity contribution in [1.29, 1.82) is 0 Å². The molecule has 4 N–H and O–H groups in total. The number of likely N-dealkylation sites (tertiary alicyclic amines) is 1. The maximum atomic E-state index is 13.3. The number of nitrogens with zero attached hydrogens (tertiary/aromatic N) is 1. The first kappa shape index (κ1) is 26.9. The molecule has 0 spiro atoms. The van der Waals surface area contributed by atoms with Crippen molar-refractivity contribution in [3.8, 4) is 0 Å². The molecule has 1 aromatic rings. The van der Waals surface area contributed by atoms with Crippen LogP contribution >= 0.6 is 0 Å². The second-order valence-electron chi connectivity index (χ2n) is 10.2. The minimum Gasteiger partial charge on any atom is -0.446 e. The van der Waals surface area contributed by atoms with E-state index in [1.54, 1.807) is 18.7 Å². The van der Waals surface area contributed by atoms with Crippen LogP contribution < -0.4 is 16.4 Å². The van der Waals surface area contributed by atoms with Gasteiger partial charge in [-0.25, -0.2) is 4.79 Å². The molecule has 1 saturated carbocycles. The van der Waals surface area contributed by atoms with Gasteiger partial charge in [0.2, 0.25) is 11.8 Å². The van der Waals surface area contributed by atoms with E-state index in [2.05, 4.69) is 10.6 Å². The Labute approximate surface area is 208 Å². The number of hydrogen-bond donors (Lipinski definition) is 3. The second-order valence-corrected chi connectivity index (χ2v) is 10.2. The Balaban J connectivity index is 1.49. The van der Waals surface area contributed by atoms with Crippen LogP contribution in [0.3, 0.4) is 0 Å². The van der Waals surface area contributed by atoms with Crippen LogP contribution in [0.1, 0.15) is 64.4 Å². The molecule has 2 aliphatic rings. The zero-order chi connectivity index (χ0) is 25.3. The average molecular weight is 489 g/mol. The Morgan fingerprint density at radius 2 is 1.71 bits per heavy atom. The topological polar surface area (TPSA) is 123 Å². The second kappa shape index (κ2) is 12.9. The third-order valence-electron chi connectivity index (χ3n) is 6.54. The number of nitrogens with one attached hydrogen (secondary N) is 2. The van der Waals surface area contributed by atoms with Crippen molar-refractivity contribution in [2.24, 2.45) is 5.73 Å². The highest BCUT2D eigenvalue weighted by Crippen LogP contribution is 2.19. The van der Waals surface area contributed by atoms with Gasteiger partial charge in [0, 0.05) is 32.0 Å². The number of hydrogen-bond acceptors (Lipinski definition) is 6. The molecule has 9 heteroatoms. The molecule has 9 nitrogen and oxygen atoms in total. The van der Waals surface area contributed by atoms with Crippen LogP contribution in [0.4, 0.5) is 4.79 Å². The molecule has 0 radical (unpaired) electrons. The lowest BCUT2D eigenvalue weighted by Gasteiger charge is -2.35. The number of piperidine rings is 1. The van der Waals surface area contributed by atoms with Crippen molar-refractivity contribution in [2.45, 2.75) is 89.1 Å². The first-order chi connectivity index (χ1) is 16.7. The maximum absolute atomic E-state index is 13.3. The number of ether oxygens (including phenoxy) is 2. The van der Waals surface area contributed by atoms with Crippen molar-refractivity contribution in [3.05, 3.63) is 35.9 Å². The van der Waals surface area contributed by atoms with Gasteiger partial charge in [0.05, 0.1) is 18.8 Å². The highest BCUT2D eigenvalue weighted by atomic mass is 16.6. The standard InChI is InChI=1S/C26H40N4O5/c1-26(2,27)24(32)29-22(18-34-17-19-9-5-3-6-10-19)23(31)30-15-13-21(14-16-30)35-25(33)28-20-11-7-4-8-12-20/h3,5-6,9-10,20-22H,4,7-8,11-18,27H2,1-2H3,(H,28,33)(H,29,32)/t22-/m1/s1. The van der Waals surface area contributed by atoms with Crippen LogP contribution in [-0.4, -0.2) is 66.2 Å². The largest absolute Gasteiger partial charge is 0.446 e. The van der Waals surface area contributed by atoms with Crippen LogP contribution in [0.2, 0.25) is 0 Å². The Bertz CT molecular complexity index is 828. The van der Waals surface area contributed by atoms with Crippen LogP contribution in [-0.2, 0) is 25.7 Å². The number of nitrogens with two attached hydrogens (primary N) is 1. The van der Waals surface area contributed by atoms with Crippen molar-refractivity contribution >= 4 is 17.9 Å². The van der Waals surface area contributed by atoms with Gasteiger partial charge in [-0.05, 0) is 32.3 Å². The third-order valence-corrected chi connectivity index (χ3v) is 6.54. The van der Waals surface area contributed by atoms with Gasteiger partial charge in [-0.2, -0.15) is 0 Å². The van der Waals surface area contributed by atoms with E-state index in [0.29, 0.717) is 32.5 Å². The Morgan fingerprint density at radius 3 is 2.34 bits per heavy atom. The normalized spacial score (nSPS) is 18.5. The van der Waals surface area contributed by atoms with Crippen molar-refractivity contribution < 1.29 is 23.9 Å². The fourth-order valence-electron chi connectivity index (χ4n) is 4.40. The highest BCUT2D eigenvalue weighted by molar-refractivity contribution is 5.91. The predicted molar refractivity (Wildman–Crippen MR) is 132 cm³/mol. The van der Waals surface area contributed by atoms with E-state index in [9.17, 15) is 14.4 Å². The van der Waals surface area contributed by atoms with E-state index >= 15 is 0 Å². The molecule has 1 saturated heterocycles. The van der Waals surface area contributed by atoms with Crippen molar-refractivity contribution in [2.75, 3.05) is 19.7 Å². The fraction of sp³-hybridized carbons (Fsp3) is 0.654. The van der Waals surface area contributed by atoms with Crippen LogP contribution in [0.5, 0.6) is 0 Å². The first-order valence-corrected chi connectivity index (χ1v) is 12.7. The fourth-order valence-corrected chi connectivity index (χ4v) is 4.40. The molecule has 1 aliphatic heterocycles. The van der Waals surface area contributed by atoms with Gasteiger partial charge in [0.1, 0.15) is 12.1 Å². The number of carbonyl (C=O) groups excluding carboxylic acids is 3. The molecule has 1 aromatic carbocycles. The van der Waals surface area contributed by atoms with Gasteiger partial charge in [-0.1, -0.05) is 49.6 Å². The average Bonchev–Trinajstić information content (AvgIpc) is 2.84. The van der Waals surface area contributed by atoms with Gasteiger partial charge in [0.15, 0.2) is 0 Å². The lowest BCUT2D eigenvalue weighted by molar-refractivity contribution is -0.141. The predicted octanol–water partition coefficient (Wildman–Crippen LogP) is 2.48. The van der Waals surface area contributed by atoms with E-state index < -0.39 is 17.5 Å². The Hall–Kier alpha value is -2.65. The van der Waals surface area contributed by atoms with Gasteiger partial charge in [0.25, 0.3) is 0 Å². The zero-order valence-electron chi connectivity index (χ0n) is 21.0. The zero-order valence-corrected chi connectivity index (χ0v) is 21.0. The molecular weight excluding hydrogens is 448 g/mol. The highest BCUT2D eigenvalue weighted by Gasteiger charge is 2.33. The number of benzene rings is 1. The maximum Gasteiger partial charge on any atom is 0.407 e. The molecule has 1 heterocycles. The number of carbonyl (C=O) groups is 3. The Kier molecular flexibility index (Phi) is 9.92. The lowest BCUT2D eigenvalue weighted by atomic mass is 9.96. The van der Waals surface area contributed by atoms with Gasteiger partial charge in [-0.15, -0.1) is 0 Å². The summed E-state index contributed by atoms with van der Waals surface area (Å²) in [4.78, 5) is 39.7. The SMILES string of the molecule is CC(C)(N)C(=O)N[C@H](COCc1ccccc1)C(=O)N1CCC(OC(=O)NC2CCCCC2)CC1. The summed E-state index contributed by atoms with van der Waals surface area (Å²) in [5, 5.41) is 5.73. The third kappa shape index (κ3) is 8.81. The Morgan fingerprint density at radius 1 is 1.06 bits per heavy atom. The summed E-state index contributed by atoms with van der Waals surface area (Å²) < 4.78 is 11.4. The van der Waals surface area contributed by atoms with Crippen molar-refractivity contribution in [1.82, 2.24) is 15.5 Å². The minimum absolute atomic E-state index is 0.0375. The van der Waals surface area contributed by atoms with Gasteiger partial charge in [-0.3, -0.25) is 9.59 Å². The summed E-state index contributed by atoms with van der Waals surface area (Å²) in [6.45, 7) is 4.44. The summed E-state index contributed by atoms with van der Waals surface area (Å²) in [5.74, 6) is -0.641. The molecule has 0 aromatic heterocycles. The first-order valence-electron chi connectivity index (χ1n) is 12.7. The molecule has 3 amide bonds. The monoisotopic (exact) mass is 488 g/mol. The molecule has 1 aliphatic carbocycles. The molecule has 1 atom stereocenters. The molecule has 2 fully saturated rings. The van der Waals surface area contributed by atoms with E-state index in [4.69, 9.17) is 15.2 Å². The molecular formula is C26H40N4O5. The minimum atomic E-state index is -1.12. The number of rotatable bonds is 9. The lowest BCUT2D eigenvalue weighted by Crippen LogP contribution is -2.58. The summed E-state index contributed by atoms with van der Waals surface area (Å²) in [5.41, 5.74) is 5.78. The van der Waals surface area contributed by atoms with E-state index in [1.165, 1.54) is 6.42 Å². The smallest absolute Gasteiger partial charge is 0.407 e. The summed E-state index contributed by atoms with van der Waals surface area (Å²) in [6, 6.07) is 8.99. The van der Waals surface area contributed by atoms with Crippen LogP contribution in [0.15, 0.2) is 30.3 Å². The molecule has 0 unspecified atom stereocenters. The summed E-state index contributed by atoms with van der Waals surface area (Å²) >= 11 is 0. The molecule has 0 bridgehead atoms.